The average molecular weight is 282 g/mol. The molecule has 0 aliphatic carbocycles. The van der Waals surface area contributed by atoms with Gasteiger partial charge < -0.3 is 25.2 Å². The lowest BCUT2D eigenvalue weighted by atomic mass is 10.2. The normalized spacial score (nSPS) is 10.7. The maximum atomic E-state index is 11.2. The number of phenols is 2. The van der Waals surface area contributed by atoms with Crippen LogP contribution < -0.4 is 0 Å². The van der Waals surface area contributed by atoms with Crippen LogP contribution in [0.3, 0.4) is 0 Å². The number of aromatic hydroxyl groups is 2. The molecule has 8 nitrogen and oxygen atoms in total. The van der Waals surface area contributed by atoms with Crippen LogP contribution in [0.15, 0.2) is 24.3 Å². The molecule has 0 saturated carbocycles. The number of carboxylic acids is 2. The van der Waals surface area contributed by atoms with Crippen LogP contribution in [0.25, 0.3) is 6.08 Å². The van der Waals surface area contributed by atoms with Gasteiger partial charge >= 0.3 is 17.9 Å². The van der Waals surface area contributed by atoms with Crippen molar-refractivity contribution < 1.29 is 39.5 Å². The third kappa shape index (κ3) is 4.02. The van der Waals surface area contributed by atoms with Gasteiger partial charge in [-0.05, 0) is 23.8 Å². The molecule has 0 aromatic heterocycles. The monoisotopic (exact) mass is 282 g/mol. The predicted molar refractivity (Wildman–Crippen MR) is 64.0 cm³/mol. The van der Waals surface area contributed by atoms with E-state index in [4.69, 9.17) is 15.3 Å². The van der Waals surface area contributed by atoms with E-state index in [1.807, 2.05) is 0 Å². The van der Waals surface area contributed by atoms with Crippen molar-refractivity contribution in [3.63, 3.8) is 0 Å². The van der Waals surface area contributed by atoms with Gasteiger partial charge in [-0.15, -0.1) is 0 Å². The third-order valence-electron chi connectivity index (χ3n) is 2.09. The topological polar surface area (TPSA) is 141 Å². The fourth-order valence-electron chi connectivity index (χ4n) is 1.17. The highest BCUT2D eigenvalue weighted by Crippen LogP contribution is 2.25. The molecule has 0 aliphatic rings. The Morgan fingerprint density at radius 2 is 1.65 bits per heavy atom. The molecule has 0 fully saturated rings. The number of ether oxygens (including phenoxy) is 1. The maximum absolute atomic E-state index is 11.2. The van der Waals surface area contributed by atoms with Crippen LogP contribution >= 0.6 is 0 Å². The molecule has 4 N–H and O–H groups in total. The number of aliphatic carboxylic acids is 2. The van der Waals surface area contributed by atoms with E-state index in [0.717, 1.165) is 18.2 Å². The van der Waals surface area contributed by atoms with Crippen LogP contribution in [-0.2, 0) is 19.1 Å². The molecule has 0 saturated heterocycles. The summed E-state index contributed by atoms with van der Waals surface area (Å²) in [5.41, 5.74) is 0.319. The molecule has 0 aliphatic heterocycles. The minimum atomic E-state index is -2.29. The number of carbonyl (C=O) groups excluding carboxylic acids is 1. The van der Waals surface area contributed by atoms with Crippen molar-refractivity contribution in [2.75, 3.05) is 0 Å². The molecule has 8 heteroatoms. The number of carbonyl (C=O) groups is 3. The molecule has 0 spiro atoms. The van der Waals surface area contributed by atoms with Gasteiger partial charge in [0.15, 0.2) is 11.5 Å². The zero-order valence-corrected chi connectivity index (χ0v) is 9.89. The Bertz CT molecular complexity index is 561. The smallest absolute Gasteiger partial charge is 0.356 e. The first-order valence-electron chi connectivity index (χ1n) is 5.17. The summed E-state index contributed by atoms with van der Waals surface area (Å²) in [5, 5.41) is 35.3. The molecule has 20 heavy (non-hydrogen) atoms. The lowest BCUT2D eigenvalue weighted by molar-refractivity contribution is -0.172. The Hall–Kier alpha value is -3.03. The van der Waals surface area contributed by atoms with Crippen LogP contribution in [0, 0.1) is 0 Å². The van der Waals surface area contributed by atoms with E-state index in [1.165, 1.54) is 12.1 Å². The van der Waals surface area contributed by atoms with Crippen LogP contribution in [-0.4, -0.2) is 44.4 Å². The Balaban J connectivity index is 2.74. The van der Waals surface area contributed by atoms with Crippen molar-refractivity contribution in [2.45, 2.75) is 6.10 Å². The molecule has 0 unspecified atom stereocenters. The predicted octanol–water partition coefficient (Wildman–Crippen LogP) is 0.192. The highest BCUT2D eigenvalue weighted by atomic mass is 16.6. The molecule has 0 atom stereocenters. The summed E-state index contributed by atoms with van der Waals surface area (Å²) in [7, 11) is 0. The first kappa shape index (κ1) is 15.0. The molecule has 0 bridgehead atoms. The Morgan fingerprint density at radius 3 is 2.15 bits per heavy atom. The van der Waals surface area contributed by atoms with E-state index in [9.17, 15) is 19.5 Å². The van der Waals surface area contributed by atoms with Crippen molar-refractivity contribution in [1.82, 2.24) is 0 Å². The number of esters is 1. The fourth-order valence-corrected chi connectivity index (χ4v) is 1.17. The van der Waals surface area contributed by atoms with Gasteiger partial charge in [0.2, 0.25) is 0 Å². The minimum absolute atomic E-state index is 0.319. The van der Waals surface area contributed by atoms with Crippen molar-refractivity contribution >= 4 is 24.0 Å². The minimum Gasteiger partial charge on any atom is -0.504 e. The molecule has 106 valence electrons. The number of hydrogen-bond donors (Lipinski definition) is 4. The second kappa shape index (κ2) is 6.23. The van der Waals surface area contributed by atoms with Gasteiger partial charge in [0, 0.05) is 6.08 Å². The van der Waals surface area contributed by atoms with Crippen molar-refractivity contribution in [1.29, 1.82) is 0 Å². The third-order valence-corrected chi connectivity index (χ3v) is 2.09. The number of phenolic OH excluding ortho intramolecular Hbond substituents is 2. The molecular formula is C12H10O8. The van der Waals surface area contributed by atoms with E-state index in [1.54, 1.807) is 0 Å². The molecule has 0 amide bonds. The first-order valence-corrected chi connectivity index (χ1v) is 5.17. The molecular weight excluding hydrogens is 272 g/mol. The summed E-state index contributed by atoms with van der Waals surface area (Å²) in [6.07, 6.45) is -0.340. The first-order chi connectivity index (χ1) is 9.31. The van der Waals surface area contributed by atoms with Gasteiger partial charge in [-0.3, -0.25) is 0 Å². The van der Waals surface area contributed by atoms with E-state index >= 15 is 0 Å². The van der Waals surface area contributed by atoms with Gasteiger partial charge in [-0.1, -0.05) is 6.07 Å². The Kier molecular flexibility index (Phi) is 4.68. The summed E-state index contributed by atoms with van der Waals surface area (Å²) in [6, 6.07) is 3.69. The van der Waals surface area contributed by atoms with E-state index in [0.29, 0.717) is 5.56 Å². The van der Waals surface area contributed by atoms with Gasteiger partial charge in [0.1, 0.15) is 0 Å². The van der Waals surface area contributed by atoms with Crippen LogP contribution in [0.2, 0.25) is 0 Å². The summed E-state index contributed by atoms with van der Waals surface area (Å²) >= 11 is 0. The highest BCUT2D eigenvalue weighted by molar-refractivity contribution is 5.99. The zero-order valence-electron chi connectivity index (χ0n) is 9.89. The van der Waals surface area contributed by atoms with Crippen molar-refractivity contribution in [3.05, 3.63) is 29.8 Å². The fraction of sp³-hybridized carbons (Fsp3) is 0.0833. The van der Waals surface area contributed by atoms with Gasteiger partial charge in [0.25, 0.3) is 6.10 Å². The Morgan fingerprint density at radius 1 is 1.05 bits per heavy atom. The average Bonchev–Trinajstić information content (AvgIpc) is 2.36. The zero-order chi connectivity index (χ0) is 15.3. The number of rotatable bonds is 5. The van der Waals surface area contributed by atoms with E-state index in [2.05, 4.69) is 4.74 Å². The van der Waals surface area contributed by atoms with Crippen LogP contribution in [0.5, 0.6) is 11.5 Å². The molecule has 1 aromatic rings. The van der Waals surface area contributed by atoms with Crippen LogP contribution in [0.1, 0.15) is 5.56 Å². The summed E-state index contributed by atoms with van der Waals surface area (Å²) < 4.78 is 4.21. The molecule has 0 radical (unpaired) electrons. The molecule has 1 aromatic carbocycles. The number of hydrogen-bond acceptors (Lipinski definition) is 6. The largest absolute Gasteiger partial charge is 0.504 e. The van der Waals surface area contributed by atoms with Crippen molar-refractivity contribution in [2.24, 2.45) is 0 Å². The lowest BCUT2D eigenvalue weighted by Crippen LogP contribution is -2.34. The maximum Gasteiger partial charge on any atom is 0.356 e. The summed E-state index contributed by atoms with van der Waals surface area (Å²) in [4.78, 5) is 32.2. The second-order valence-corrected chi connectivity index (χ2v) is 3.57. The van der Waals surface area contributed by atoms with E-state index in [-0.39, 0.29) is 5.75 Å². The standard InChI is InChI=1S/C12H10O8/c13-7-3-1-6(5-8(7)14)2-4-9(15)20-10(11(16)17)12(18)19/h1-5,10,13-14H,(H,16,17)(H,18,19)/b4-2+. The summed E-state index contributed by atoms with van der Waals surface area (Å²) in [6.45, 7) is 0. The lowest BCUT2D eigenvalue weighted by Gasteiger charge is -2.06. The highest BCUT2D eigenvalue weighted by Gasteiger charge is 2.29. The van der Waals surface area contributed by atoms with Crippen LogP contribution in [0.4, 0.5) is 0 Å². The number of benzene rings is 1. The molecule has 0 heterocycles. The Labute approximate surface area is 112 Å². The van der Waals surface area contributed by atoms with Gasteiger partial charge in [-0.25, -0.2) is 14.4 Å². The van der Waals surface area contributed by atoms with Gasteiger partial charge in [0.05, 0.1) is 0 Å². The van der Waals surface area contributed by atoms with Crippen molar-refractivity contribution in [3.8, 4) is 11.5 Å². The summed E-state index contributed by atoms with van der Waals surface area (Å²) in [5.74, 6) is -5.54. The SMILES string of the molecule is O=C(/C=C/c1ccc(O)c(O)c1)OC(C(=O)O)C(=O)O. The van der Waals surface area contributed by atoms with Gasteiger partial charge in [-0.2, -0.15) is 0 Å². The number of carboxylic acid groups (broad SMARTS) is 2. The quantitative estimate of drug-likeness (QED) is 0.259. The second-order valence-electron chi connectivity index (χ2n) is 3.57. The molecule has 1 rings (SSSR count). The van der Waals surface area contributed by atoms with E-state index < -0.39 is 29.8 Å².